The second kappa shape index (κ2) is 10.1. The molecule has 0 saturated carbocycles. The molecule has 2 amide bonds. The van der Waals surface area contributed by atoms with Gasteiger partial charge in [-0.05, 0) is 38.3 Å². The number of amides is 2. The summed E-state index contributed by atoms with van der Waals surface area (Å²) < 4.78 is 11.2. The summed E-state index contributed by atoms with van der Waals surface area (Å²) in [6.07, 6.45) is 2.58. The molecule has 0 aliphatic carbocycles. The third kappa shape index (κ3) is 6.12. The number of ether oxygens (including phenoxy) is 2. The van der Waals surface area contributed by atoms with E-state index in [0.29, 0.717) is 30.9 Å². The zero-order chi connectivity index (χ0) is 18.1. The summed E-state index contributed by atoms with van der Waals surface area (Å²) in [5.41, 5.74) is 6.24. The molecule has 2 atom stereocenters. The number of anilines is 1. The van der Waals surface area contributed by atoms with Crippen molar-refractivity contribution in [2.45, 2.75) is 38.4 Å². The number of carbonyl (C=O) groups is 2. The maximum Gasteiger partial charge on any atom is 0.253 e. The van der Waals surface area contributed by atoms with Crippen LogP contribution in [0.2, 0.25) is 0 Å². The maximum atomic E-state index is 12.3. The lowest BCUT2D eigenvalue weighted by molar-refractivity contribution is -0.130. The van der Waals surface area contributed by atoms with Crippen LogP contribution in [0.3, 0.4) is 0 Å². The van der Waals surface area contributed by atoms with Crippen molar-refractivity contribution in [1.29, 1.82) is 0 Å². The van der Waals surface area contributed by atoms with Crippen molar-refractivity contribution >= 4 is 17.5 Å². The summed E-state index contributed by atoms with van der Waals surface area (Å²) >= 11 is 0. The molecule has 7 nitrogen and oxygen atoms in total. The molecule has 1 aromatic carbocycles. The number of carbonyl (C=O) groups excluding carboxylic acids is 2. The summed E-state index contributed by atoms with van der Waals surface area (Å²) in [6, 6.07) is 6.85. The van der Waals surface area contributed by atoms with Crippen molar-refractivity contribution in [2.24, 2.45) is 5.73 Å². The molecule has 4 N–H and O–H groups in total. The molecule has 1 fully saturated rings. The molecule has 1 aromatic rings. The molecular formula is C18H27N3O4. The van der Waals surface area contributed by atoms with E-state index < -0.39 is 6.10 Å². The molecule has 0 aromatic heterocycles. The van der Waals surface area contributed by atoms with Crippen LogP contribution in [0.1, 0.15) is 36.5 Å². The number of hydrogen-bond acceptors (Lipinski definition) is 5. The van der Waals surface area contributed by atoms with Gasteiger partial charge in [0.1, 0.15) is 6.10 Å². The van der Waals surface area contributed by atoms with Crippen molar-refractivity contribution in [3.8, 4) is 0 Å². The van der Waals surface area contributed by atoms with Gasteiger partial charge >= 0.3 is 0 Å². The van der Waals surface area contributed by atoms with E-state index in [1.165, 1.54) is 0 Å². The maximum absolute atomic E-state index is 12.3. The van der Waals surface area contributed by atoms with Crippen LogP contribution in [0.5, 0.6) is 0 Å². The Balaban J connectivity index is 1.89. The first-order valence-corrected chi connectivity index (χ1v) is 8.73. The van der Waals surface area contributed by atoms with Gasteiger partial charge in [0.05, 0.1) is 24.0 Å². The van der Waals surface area contributed by atoms with E-state index >= 15 is 0 Å². The van der Waals surface area contributed by atoms with Gasteiger partial charge in [0.15, 0.2) is 0 Å². The minimum atomic E-state index is -0.634. The zero-order valence-electron chi connectivity index (χ0n) is 14.6. The van der Waals surface area contributed by atoms with Gasteiger partial charge in [-0.1, -0.05) is 12.1 Å². The Morgan fingerprint density at radius 2 is 2.16 bits per heavy atom. The largest absolute Gasteiger partial charge is 0.376 e. The topological polar surface area (TPSA) is 103 Å². The molecule has 1 aliphatic rings. The number of nitrogens with two attached hydrogens (primary N) is 1. The molecular weight excluding hydrogens is 322 g/mol. The summed E-state index contributed by atoms with van der Waals surface area (Å²) in [4.78, 5) is 24.5. The fourth-order valence-corrected chi connectivity index (χ4v) is 2.57. The van der Waals surface area contributed by atoms with E-state index in [1.807, 2.05) is 0 Å². The predicted molar refractivity (Wildman–Crippen MR) is 95.5 cm³/mol. The predicted octanol–water partition coefficient (Wildman–Crippen LogP) is 1.29. The van der Waals surface area contributed by atoms with Gasteiger partial charge in [-0.15, -0.1) is 0 Å². The molecule has 7 heteroatoms. The lowest BCUT2D eigenvalue weighted by Gasteiger charge is -2.24. The van der Waals surface area contributed by atoms with Gasteiger partial charge in [0.2, 0.25) is 0 Å². The molecule has 1 saturated heterocycles. The Labute approximate surface area is 148 Å². The summed E-state index contributed by atoms with van der Waals surface area (Å²) in [7, 11) is 0. The third-order valence-corrected chi connectivity index (χ3v) is 4.03. The highest BCUT2D eigenvalue weighted by Crippen LogP contribution is 2.17. The fraction of sp³-hybridized carbons (Fsp3) is 0.556. The third-order valence-electron chi connectivity index (χ3n) is 4.03. The smallest absolute Gasteiger partial charge is 0.253 e. The first-order chi connectivity index (χ1) is 12.1. The Hall–Kier alpha value is -1.96. The molecule has 25 heavy (non-hydrogen) atoms. The Morgan fingerprint density at radius 3 is 2.88 bits per heavy atom. The van der Waals surface area contributed by atoms with Gasteiger partial charge in [0, 0.05) is 19.7 Å². The Morgan fingerprint density at radius 1 is 1.36 bits per heavy atom. The molecule has 1 aliphatic heterocycles. The molecule has 2 rings (SSSR count). The lowest BCUT2D eigenvalue weighted by Crippen LogP contribution is -2.34. The number of rotatable bonds is 8. The van der Waals surface area contributed by atoms with Crippen LogP contribution in [0.4, 0.5) is 5.69 Å². The quantitative estimate of drug-likeness (QED) is 0.656. The molecule has 138 valence electrons. The van der Waals surface area contributed by atoms with Crippen LogP contribution in [0.25, 0.3) is 0 Å². The van der Waals surface area contributed by atoms with Crippen LogP contribution in [0.15, 0.2) is 24.3 Å². The van der Waals surface area contributed by atoms with Crippen LogP contribution >= 0.6 is 0 Å². The first-order valence-electron chi connectivity index (χ1n) is 8.73. The van der Waals surface area contributed by atoms with Crippen LogP contribution < -0.4 is 16.4 Å². The molecule has 0 radical (unpaired) electrons. The van der Waals surface area contributed by atoms with Gasteiger partial charge < -0.3 is 25.8 Å². The molecule has 2 unspecified atom stereocenters. The van der Waals surface area contributed by atoms with E-state index in [0.717, 1.165) is 25.9 Å². The van der Waals surface area contributed by atoms with Crippen molar-refractivity contribution in [3.05, 3.63) is 29.8 Å². The first kappa shape index (κ1) is 19.4. The number of hydrogen-bond donors (Lipinski definition) is 3. The fourth-order valence-electron chi connectivity index (χ4n) is 2.57. The molecule has 1 heterocycles. The summed E-state index contributed by atoms with van der Waals surface area (Å²) in [6.45, 7) is 3.57. The van der Waals surface area contributed by atoms with E-state index in [4.69, 9.17) is 15.2 Å². The normalized spacial score (nSPS) is 18.4. The molecule has 0 spiro atoms. The van der Waals surface area contributed by atoms with Gasteiger partial charge in [-0.3, -0.25) is 9.59 Å². The number of para-hydroxylation sites is 1. The van der Waals surface area contributed by atoms with Gasteiger partial charge in [0.25, 0.3) is 11.8 Å². The van der Waals surface area contributed by atoms with Gasteiger partial charge in [-0.2, -0.15) is 0 Å². The average Bonchev–Trinajstić information content (AvgIpc) is 2.65. The van der Waals surface area contributed by atoms with Crippen LogP contribution in [0, 0.1) is 0 Å². The second-order valence-electron chi connectivity index (χ2n) is 6.04. The van der Waals surface area contributed by atoms with E-state index in [-0.39, 0.29) is 17.9 Å². The summed E-state index contributed by atoms with van der Waals surface area (Å²) in [5.74, 6) is -0.569. The van der Waals surface area contributed by atoms with E-state index in [9.17, 15) is 9.59 Å². The van der Waals surface area contributed by atoms with Crippen LogP contribution in [-0.2, 0) is 14.3 Å². The van der Waals surface area contributed by atoms with E-state index in [2.05, 4.69) is 10.6 Å². The van der Waals surface area contributed by atoms with Gasteiger partial charge in [-0.25, -0.2) is 0 Å². The zero-order valence-corrected chi connectivity index (χ0v) is 14.6. The Kier molecular flexibility index (Phi) is 7.84. The van der Waals surface area contributed by atoms with Crippen LogP contribution in [-0.4, -0.2) is 50.3 Å². The second-order valence-corrected chi connectivity index (χ2v) is 6.04. The minimum absolute atomic E-state index is 0.0540. The van der Waals surface area contributed by atoms with Crippen molar-refractivity contribution in [1.82, 2.24) is 5.32 Å². The standard InChI is InChI=1S/C18H27N3O4/c1-13(25-12-14-6-4-5-11-24-14)17(22)21-16-8-3-2-7-15(16)18(23)20-10-9-19/h2-3,7-8,13-14H,4-6,9-12,19H2,1H3,(H,20,23)(H,21,22). The van der Waals surface area contributed by atoms with Crippen molar-refractivity contribution < 1.29 is 19.1 Å². The highest BCUT2D eigenvalue weighted by Gasteiger charge is 2.20. The number of nitrogens with one attached hydrogen (secondary N) is 2. The highest BCUT2D eigenvalue weighted by molar-refractivity contribution is 6.04. The van der Waals surface area contributed by atoms with E-state index in [1.54, 1.807) is 31.2 Å². The molecule has 0 bridgehead atoms. The number of benzene rings is 1. The van der Waals surface area contributed by atoms with Crippen molar-refractivity contribution in [3.63, 3.8) is 0 Å². The average molecular weight is 349 g/mol. The minimum Gasteiger partial charge on any atom is -0.376 e. The highest BCUT2D eigenvalue weighted by atomic mass is 16.5. The lowest BCUT2D eigenvalue weighted by atomic mass is 10.1. The Bertz CT molecular complexity index is 573. The summed E-state index contributed by atoms with van der Waals surface area (Å²) in [5, 5.41) is 5.46. The van der Waals surface area contributed by atoms with Crippen molar-refractivity contribution in [2.75, 3.05) is 31.6 Å². The SMILES string of the molecule is CC(OCC1CCCCO1)C(=O)Nc1ccccc1C(=O)NCCN. The monoisotopic (exact) mass is 349 g/mol.